The third-order valence-corrected chi connectivity index (χ3v) is 4.04. The molecule has 2 aromatic rings. The summed E-state index contributed by atoms with van der Waals surface area (Å²) in [6, 6.07) is 0. The lowest BCUT2D eigenvalue weighted by molar-refractivity contribution is 0.215. The molecule has 0 amide bonds. The molecule has 6 heteroatoms. The number of hydrogen-bond donors (Lipinski definition) is 1. The maximum atomic E-state index is 6.16. The topological polar surface area (TPSA) is 78.3 Å². The Bertz CT molecular complexity index is 717. The molecule has 0 bridgehead atoms. The Kier molecular flexibility index (Phi) is 4.00. The Morgan fingerprint density at radius 2 is 2.09 bits per heavy atom. The molecule has 0 spiro atoms. The molecule has 0 saturated heterocycles. The highest BCUT2D eigenvalue weighted by molar-refractivity contribution is 5.93. The number of fused-ring (bicyclic) bond motifs is 3. The summed E-state index contributed by atoms with van der Waals surface area (Å²) in [6.45, 7) is 5.26. The SMILES string of the molecule is CO/N=C/c1nc2c(N)nc3c(c2n1CC(C)C)CCCC3. The number of aromatic nitrogens is 3. The van der Waals surface area contributed by atoms with Crippen LogP contribution in [0.2, 0.25) is 0 Å². The zero-order valence-corrected chi connectivity index (χ0v) is 13.5. The van der Waals surface area contributed by atoms with E-state index in [1.54, 1.807) is 6.21 Å². The summed E-state index contributed by atoms with van der Waals surface area (Å²) in [4.78, 5) is 14.1. The van der Waals surface area contributed by atoms with Crippen LogP contribution in [-0.2, 0) is 24.2 Å². The minimum Gasteiger partial charge on any atom is -0.399 e. The highest BCUT2D eigenvalue weighted by Crippen LogP contribution is 2.31. The summed E-state index contributed by atoms with van der Waals surface area (Å²) >= 11 is 0. The quantitative estimate of drug-likeness (QED) is 0.695. The second-order valence-corrected chi connectivity index (χ2v) is 6.22. The van der Waals surface area contributed by atoms with Crippen molar-refractivity contribution in [3.63, 3.8) is 0 Å². The fourth-order valence-electron chi connectivity index (χ4n) is 3.17. The van der Waals surface area contributed by atoms with Crippen molar-refractivity contribution in [3.05, 3.63) is 17.1 Å². The summed E-state index contributed by atoms with van der Waals surface area (Å²) in [5, 5.41) is 3.88. The van der Waals surface area contributed by atoms with Crippen LogP contribution < -0.4 is 5.73 Å². The van der Waals surface area contributed by atoms with Gasteiger partial charge in [-0.1, -0.05) is 19.0 Å². The summed E-state index contributed by atoms with van der Waals surface area (Å²) < 4.78 is 2.21. The first-order valence-electron chi connectivity index (χ1n) is 7.85. The van der Waals surface area contributed by atoms with Crippen molar-refractivity contribution in [1.29, 1.82) is 0 Å². The predicted molar refractivity (Wildman–Crippen MR) is 88.0 cm³/mol. The number of rotatable bonds is 4. The fourth-order valence-corrected chi connectivity index (χ4v) is 3.17. The number of nitrogens with zero attached hydrogens (tertiary/aromatic N) is 4. The molecule has 0 atom stereocenters. The predicted octanol–water partition coefficient (Wildman–Crippen LogP) is 2.53. The second-order valence-electron chi connectivity index (χ2n) is 6.22. The molecular weight excluding hydrogens is 278 g/mol. The van der Waals surface area contributed by atoms with Gasteiger partial charge in [-0.2, -0.15) is 0 Å². The van der Waals surface area contributed by atoms with Gasteiger partial charge in [0.05, 0.1) is 5.52 Å². The van der Waals surface area contributed by atoms with Gasteiger partial charge >= 0.3 is 0 Å². The summed E-state index contributed by atoms with van der Waals surface area (Å²) in [5.74, 6) is 1.80. The van der Waals surface area contributed by atoms with Crippen LogP contribution >= 0.6 is 0 Å². The average molecular weight is 301 g/mol. The van der Waals surface area contributed by atoms with Gasteiger partial charge in [0, 0.05) is 12.2 Å². The molecule has 0 radical (unpaired) electrons. The Morgan fingerprint density at radius 3 is 2.82 bits per heavy atom. The third-order valence-electron chi connectivity index (χ3n) is 4.04. The number of hydrogen-bond acceptors (Lipinski definition) is 5. The van der Waals surface area contributed by atoms with Gasteiger partial charge in [-0.05, 0) is 37.2 Å². The molecule has 0 fully saturated rings. The number of pyridine rings is 1. The van der Waals surface area contributed by atoms with E-state index in [0.717, 1.165) is 41.9 Å². The van der Waals surface area contributed by atoms with E-state index in [-0.39, 0.29) is 0 Å². The molecule has 0 aliphatic heterocycles. The zero-order chi connectivity index (χ0) is 15.7. The van der Waals surface area contributed by atoms with Crippen LogP contribution in [-0.4, -0.2) is 27.9 Å². The van der Waals surface area contributed by atoms with E-state index in [1.165, 1.54) is 25.5 Å². The molecule has 6 nitrogen and oxygen atoms in total. The Balaban J connectivity index is 2.28. The fraction of sp³-hybridized carbons (Fsp3) is 0.562. The van der Waals surface area contributed by atoms with Crippen LogP contribution in [0.25, 0.3) is 11.0 Å². The van der Waals surface area contributed by atoms with Crippen LogP contribution in [0.1, 0.15) is 43.8 Å². The monoisotopic (exact) mass is 301 g/mol. The van der Waals surface area contributed by atoms with Crippen LogP contribution in [0, 0.1) is 5.92 Å². The van der Waals surface area contributed by atoms with Crippen LogP contribution in [0.3, 0.4) is 0 Å². The summed E-state index contributed by atoms with van der Waals surface area (Å²) in [7, 11) is 1.53. The van der Waals surface area contributed by atoms with Crippen molar-refractivity contribution < 1.29 is 4.84 Å². The van der Waals surface area contributed by atoms with Crippen LogP contribution in [0.15, 0.2) is 5.16 Å². The molecule has 118 valence electrons. The van der Waals surface area contributed by atoms with Gasteiger partial charge < -0.3 is 15.1 Å². The highest BCUT2D eigenvalue weighted by Gasteiger charge is 2.22. The van der Waals surface area contributed by atoms with E-state index in [0.29, 0.717) is 11.7 Å². The summed E-state index contributed by atoms with van der Waals surface area (Å²) in [5.41, 5.74) is 10.5. The molecule has 0 unspecified atom stereocenters. The molecule has 22 heavy (non-hydrogen) atoms. The molecule has 0 saturated carbocycles. The van der Waals surface area contributed by atoms with Crippen molar-refractivity contribution in [1.82, 2.24) is 14.5 Å². The van der Waals surface area contributed by atoms with Crippen molar-refractivity contribution in [2.24, 2.45) is 11.1 Å². The first-order chi connectivity index (χ1) is 10.6. The number of nitrogen functional groups attached to an aromatic ring is 1. The van der Waals surface area contributed by atoms with Crippen molar-refractivity contribution >= 4 is 23.1 Å². The minimum atomic E-state index is 0.501. The Hall–Kier alpha value is -2.11. The van der Waals surface area contributed by atoms with Crippen molar-refractivity contribution in [2.75, 3.05) is 12.8 Å². The molecule has 2 heterocycles. The number of imidazole rings is 1. The number of anilines is 1. The molecule has 2 aromatic heterocycles. The van der Waals surface area contributed by atoms with Crippen molar-refractivity contribution in [2.45, 2.75) is 46.1 Å². The van der Waals surface area contributed by atoms with Crippen LogP contribution in [0.4, 0.5) is 5.82 Å². The molecule has 0 aromatic carbocycles. The average Bonchev–Trinajstić information content (AvgIpc) is 2.84. The van der Waals surface area contributed by atoms with Gasteiger partial charge in [-0.25, -0.2) is 9.97 Å². The highest BCUT2D eigenvalue weighted by atomic mass is 16.6. The van der Waals surface area contributed by atoms with Crippen molar-refractivity contribution in [3.8, 4) is 0 Å². The van der Waals surface area contributed by atoms with Gasteiger partial charge in [-0.3, -0.25) is 0 Å². The lowest BCUT2D eigenvalue weighted by Gasteiger charge is -2.18. The normalized spacial score (nSPS) is 14.9. The maximum absolute atomic E-state index is 6.16. The lowest BCUT2D eigenvalue weighted by atomic mass is 9.94. The van der Waals surface area contributed by atoms with Gasteiger partial charge in [-0.15, -0.1) is 0 Å². The van der Waals surface area contributed by atoms with E-state index >= 15 is 0 Å². The number of oxime groups is 1. The first-order valence-corrected chi connectivity index (χ1v) is 7.85. The van der Waals surface area contributed by atoms with Gasteiger partial charge in [0.2, 0.25) is 0 Å². The standard InChI is InChI=1S/C16H23N5O/c1-10(2)9-21-13(8-18-22-3)20-14-15(21)11-6-4-5-7-12(11)19-16(14)17/h8,10H,4-7,9H2,1-3H3,(H2,17,19)/b18-8+. The van der Waals surface area contributed by atoms with Gasteiger partial charge in [0.25, 0.3) is 0 Å². The minimum absolute atomic E-state index is 0.501. The van der Waals surface area contributed by atoms with E-state index in [2.05, 4.69) is 33.5 Å². The summed E-state index contributed by atoms with van der Waals surface area (Å²) in [6.07, 6.45) is 6.08. The van der Waals surface area contributed by atoms with E-state index in [4.69, 9.17) is 10.6 Å². The van der Waals surface area contributed by atoms with Gasteiger partial charge in [0.1, 0.15) is 18.8 Å². The van der Waals surface area contributed by atoms with Gasteiger partial charge in [0.15, 0.2) is 11.6 Å². The van der Waals surface area contributed by atoms with E-state index in [9.17, 15) is 0 Å². The lowest BCUT2D eigenvalue weighted by Crippen LogP contribution is -2.13. The van der Waals surface area contributed by atoms with E-state index < -0.39 is 0 Å². The molecule has 1 aliphatic rings. The largest absolute Gasteiger partial charge is 0.399 e. The molecule has 1 aliphatic carbocycles. The maximum Gasteiger partial charge on any atom is 0.155 e. The molecule has 2 N–H and O–H groups in total. The third kappa shape index (κ3) is 2.53. The van der Waals surface area contributed by atoms with E-state index in [1.807, 2.05) is 0 Å². The molecular formula is C16H23N5O. The first kappa shape index (κ1) is 14.8. The smallest absolute Gasteiger partial charge is 0.155 e. The zero-order valence-electron chi connectivity index (χ0n) is 13.5. The Labute approximate surface area is 130 Å². The Morgan fingerprint density at radius 1 is 1.32 bits per heavy atom. The molecule has 3 rings (SSSR count). The second kappa shape index (κ2) is 5.94. The number of nitrogens with two attached hydrogens (primary N) is 1. The number of aryl methyl sites for hydroxylation is 2. The van der Waals surface area contributed by atoms with Crippen LogP contribution in [0.5, 0.6) is 0 Å².